The normalized spacial score (nSPS) is 40.4. The van der Waals surface area contributed by atoms with Crippen molar-refractivity contribution in [1.82, 2.24) is 0 Å². The number of aryl methyl sites for hydroxylation is 1. The molecule has 2 saturated carbocycles. The van der Waals surface area contributed by atoms with Crippen LogP contribution in [0.5, 0.6) is 5.75 Å². The standard InChI is InChI=1S/C17H22O2/c18-11-2-4-12-10(9-11)1-3-14-13(12)5-6-16-15(14)7-8-17(16)19/h2,4,9,13-19H,1,3,5-8H2/t13?,14?,15?,16?,17-/m0/s1. The van der Waals surface area contributed by atoms with Gasteiger partial charge in [-0.05, 0) is 85.5 Å². The van der Waals surface area contributed by atoms with E-state index in [-0.39, 0.29) is 6.10 Å². The number of phenolic OH excluding ortho intramolecular Hbond substituents is 1. The molecule has 0 heterocycles. The lowest BCUT2D eigenvalue weighted by Gasteiger charge is -2.44. The molecule has 0 aliphatic heterocycles. The van der Waals surface area contributed by atoms with Crippen LogP contribution in [0.25, 0.3) is 0 Å². The lowest BCUT2D eigenvalue weighted by molar-refractivity contribution is 0.0566. The van der Waals surface area contributed by atoms with Gasteiger partial charge in [-0.3, -0.25) is 0 Å². The minimum atomic E-state index is -0.0350. The Balaban J connectivity index is 1.68. The van der Waals surface area contributed by atoms with E-state index >= 15 is 0 Å². The Morgan fingerprint density at radius 3 is 2.63 bits per heavy atom. The summed E-state index contributed by atoms with van der Waals surface area (Å²) < 4.78 is 0. The Morgan fingerprint density at radius 1 is 0.895 bits per heavy atom. The third-order valence-electron chi connectivity index (χ3n) is 5.99. The minimum absolute atomic E-state index is 0.0350. The van der Waals surface area contributed by atoms with Crippen LogP contribution < -0.4 is 0 Å². The van der Waals surface area contributed by atoms with Gasteiger partial charge in [-0.1, -0.05) is 6.07 Å². The molecule has 3 aliphatic carbocycles. The Hall–Kier alpha value is -1.02. The fourth-order valence-electron chi connectivity index (χ4n) is 5.19. The number of aromatic hydroxyl groups is 1. The van der Waals surface area contributed by atoms with E-state index in [2.05, 4.69) is 6.07 Å². The van der Waals surface area contributed by atoms with Crippen molar-refractivity contribution in [3.05, 3.63) is 29.3 Å². The molecule has 0 spiro atoms. The molecule has 4 unspecified atom stereocenters. The summed E-state index contributed by atoms with van der Waals surface area (Å²) in [6.45, 7) is 0. The molecule has 2 fully saturated rings. The number of aliphatic hydroxyl groups excluding tert-OH is 1. The summed E-state index contributed by atoms with van der Waals surface area (Å²) in [5, 5.41) is 19.7. The molecule has 102 valence electrons. The zero-order valence-electron chi connectivity index (χ0n) is 11.3. The van der Waals surface area contributed by atoms with E-state index in [1.165, 1.54) is 36.8 Å². The van der Waals surface area contributed by atoms with Gasteiger partial charge in [0.2, 0.25) is 0 Å². The molecule has 2 heteroatoms. The van der Waals surface area contributed by atoms with Crippen molar-refractivity contribution in [2.75, 3.05) is 0 Å². The molecule has 19 heavy (non-hydrogen) atoms. The second-order valence-electron chi connectivity index (χ2n) is 6.74. The first-order valence-electron chi connectivity index (χ1n) is 7.74. The Morgan fingerprint density at radius 2 is 1.74 bits per heavy atom. The van der Waals surface area contributed by atoms with Crippen molar-refractivity contribution in [2.45, 2.75) is 50.5 Å². The van der Waals surface area contributed by atoms with Gasteiger partial charge < -0.3 is 10.2 Å². The largest absolute Gasteiger partial charge is 0.508 e. The number of phenols is 1. The third kappa shape index (κ3) is 1.73. The first-order valence-corrected chi connectivity index (χ1v) is 7.74. The molecule has 5 atom stereocenters. The van der Waals surface area contributed by atoms with Crippen LogP contribution in [-0.4, -0.2) is 16.3 Å². The monoisotopic (exact) mass is 258 g/mol. The second kappa shape index (κ2) is 4.24. The molecular formula is C17H22O2. The van der Waals surface area contributed by atoms with Crippen LogP contribution in [0, 0.1) is 17.8 Å². The van der Waals surface area contributed by atoms with Crippen LogP contribution in [0.2, 0.25) is 0 Å². The molecule has 3 aliphatic rings. The molecule has 0 amide bonds. The van der Waals surface area contributed by atoms with E-state index in [4.69, 9.17) is 0 Å². The average molecular weight is 258 g/mol. The van der Waals surface area contributed by atoms with Gasteiger partial charge in [0.05, 0.1) is 6.10 Å². The van der Waals surface area contributed by atoms with Gasteiger partial charge in [0.15, 0.2) is 0 Å². The summed E-state index contributed by atoms with van der Waals surface area (Å²) in [6.07, 6.45) is 6.96. The van der Waals surface area contributed by atoms with Gasteiger partial charge >= 0.3 is 0 Å². The van der Waals surface area contributed by atoms with Gasteiger partial charge in [-0.25, -0.2) is 0 Å². The van der Waals surface area contributed by atoms with Crippen LogP contribution in [0.15, 0.2) is 18.2 Å². The van der Waals surface area contributed by atoms with Gasteiger partial charge in [0.25, 0.3) is 0 Å². The van der Waals surface area contributed by atoms with E-state index in [0.717, 1.165) is 24.7 Å². The summed E-state index contributed by atoms with van der Waals surface area (Å²) >= 11 is 0. The fourth-order valence-corrected chi connectivity index (χ4v) is 5.19. The highest BCUT2D eigenvalue weighted by Crippen LogP contribution is 2.55. The first-order chi connectivity index (χ1) is 9.24. The second-order valence-corrected chi connectivity index (χ2v) is 6.74. The molecule has 1 aromatic carbocycles. The average Bonchev–Trinajstić information content (AvgIpc) is 2.80. The van der Waals surface area contributed by atoms with Crippen molar-refractivity contribution in [1.29, 1.82) is 0 Å². The number of benzene rings is 1. The maximum atomic E-state index is 10.1. The van der Waals surface area contributed by atoms with E-state index in [1.807, 2.05) is 12.1 Å². The van der Waals surface area contributed by atoms with Gasteiger partial charge in [-0.15, -0.1) is 0 Å². The predicted octanol–water partition coefficient (Wildman–Crippen LogP) is 3.22. The molecule has 0 radical (unpaired) electrons. The van der Waals surface area contributed by atoms with Gasteiger partial charge in [0.1, 0.15) is 5.75 Å². The lowest BCUT2D eigenvalue weighted by Crippen LogP contribution is -2.36. The van der Waals surface area contributed by atoms with Gasteiger partial charge in [-0.2, -0.15) is 0 Å². The van der Waals surface area contributed by atoms with Crippen LogP contribution in [0.4, 0.5) is 0 Å². The van der Waals surface area contributed by atoms with Crippen LogP contribution in [-0.2, 0) is 6.42 Å². The van der Waals surface area contributed by atoms with Crippen molar-refractivity contribution in [3.63, 3.8) is 0 Å². The highest BCUT2D eigenvalue weighted by Gasteiger charge is 2.47. The maximum absolute atomic E-state index is 10.1. The Bertz CT molecular complexity index is 496. The summed E-state index contributed by atoms with van der Waals surface area (Å²) in [5.74, 6) is 3.17. The topological polar surface area (TPSA) is 40.5 Å². The summed E-state index contributed by atoms with van der Waals surface area (Å²) in [6, 6.07) is 5.95. The van der Waals surface area contributed by atoms with E-state index in [9.17, 15) is 10.2 Å². The van der Waals surface area contributed by atoms with Crippen molar-refractivity contribution < 1.29 is 10.2 Å². The maximum Gasteiger partial charge on any atom is 0.115 e. The SMILES string of the molecule is Oc1ccc2c(c1)CCC1C2CCC2C1CC[C@@H]2O. The van der Waals surface area contributed by atoms with Crippen molar-refractivity contribution >= 4 is 0 Å². The van der Waals surface area contributed by atoms with Crippen molar-refractivity contribution in [3.8, 4) is 5.75 Å². The zero-order chi connectivity index (χ0) is 13.0. The number of fused-ring (bicyclic) bond motifs is 5. The lowest BCUT2D eigenvalue weighted by atomic mass is 9.61. The minimum Gasteiger partial charge on any atom is -0.508 e. The molecule has 2 N–H and O–H groups in total. The van der Waals surface area contributed by atoms with Crippen LogP contribution in [0.1, 0.15) is 49.1 Å². The van der Waals surface area contributed by atoms with Gasteiger partial charge in [0, 0.05) is 0 Å². The first kappa shape index (κ1) is 11.8. The predicted molar refractivity (Wildman–Crippen MR) is 74.1 cm³/mol. The summed E-state index contributed by atoms with van der Waals surface area (Å²) in [5.41, 5.74) is 2.84. The highest BCUT2D eigenvalue weighted by molar-refractivity contribution is 5.39. The quantitative estimate of drug-likeness (QED) is 0.750. The molecular weight excluding hydrogens is 236 g/mol. The molecule has 1 aromatic rings. The smallest absolute Gasteiger partial charge is 0.115 e. The molecule has 2 nitrogen and oxygen atoms in total. The fraction of sp³-hybridized carbons (Fsp3) is 0.647. The Labute approximate surface area is 114 Å². The van der Waals surface area contributed by atoms with E-state index in [0.29, 0.717) is 17.6 Å². The molecule has 0 aromatic heterocycles. The van der Waals surface area contributed by atoms with Crippen LogP contribution in [0.3, 0.4) is 0 Å². The Kier molecular flexibility index (Phi) is 2.63. The third-order valence-corrected chi connectivity index (χ3v) is 5.99. The molecule has 4 rings (SSSR count). The number of hydrogen-bond acceptors (Lipinski definition) is 2. The number of rotatable bonds is 0. The number of hydrogen-bond donors (Lipinski definition) is 2. The summed E-state index contributed by atoms with van der Waals surface area (Å²) in [7, 11) is 0. The molecule has 0 bridgehead atoms. The molecule has 0 saturated heterocycles. The van der Waals surface area contributed by atoms with Crippen molar-refractivity contribution in [2.24, 2.45) is 17.8 Å². The highest BCUT2D eigenvalue weighted by atomic mass is 16.3. The van der Waals surface area contributed by atoms with E-state index in [1.54, 1.807) is 0 Å². The van der Waals surface area contributed by atoms with Crippen LogP contribution >= 0.6 is 0 Å². The number of aliphatic hydroxyl groups is 1. The zero-order valence-corrected chi connectivity index (χ0v) is 11.3. The summed E-state index contributed by atoms with van der Waals surface area (Å²) in [4.78, 5) is 0. The van der Waals surface area contributed by atoms with E-state index < -0.39 is 0 Å².